The monoisotopic (exact) mass is 440 g/mol. The molecular weight excluding hydrogens is 425 g/mol. The Kier molecular flexibility index (Phi) is 6.03. The second kappa shape index (κ2) is 9.05. The van der Waals surface area contributed by atoms with Crippen molar-refractivity contribution in [2.24, 2.45) is 0 Å². The predicted octanol–water partition coefficient (Wildman–Crippen LogP) is 5.08. The smallest absolute Gasteiger partial charge is 0.234 e. The fourth-order valence-corrected chi connectivity index (χ4v) is 3.63. The van der Waals surface area contributed by atoms with E-state index < -0.39 is 23.4 Å². The van der Waals surface area contributed by atoms with E-state index in [1.807, 2.05) is 0 Å². The van der Waals surface area contributed by atoms with E-state index in [1.54, 1.807) is 28.8 Å². The Morgan fingerprint density at radius 3 is 2.26 bits per heavy atom. The number of carbonyl (C=O) groups excluding carboxylic acids is 1. The van der Waals surface area contributed by atoms with Crippen LogP contribution in [0.4, 0.5) is 18.9 Å². The zero-order chi connectivity index (χ0) is 21.8. The van der Waals surface area contributed by atoms with Gasteiger partial charge in [-0.3, -0.25) is 9.36 Å². The molecular formula is C22H15F3N4OS. The average molecular weight is 440 g/mol. The van der Waals surface area contributed by atoms with E-state index >= 15 is 0 Å². The van der Waals surface area contributed by atoms with Gasteiger partial charge in [0, 0.05) is 5.69 Å². The van der Waals surface area contributed by atoms with Crippen molar-refractivity contribution in [2.45, 2.75) is 5.16 Å². The highest BCUT2D eigenvalue weighted by Crippen LogP contribution is 2.29. The van der Waals surface area contributed by atoms with Crippen LogP contribution in [-0.2, 0) is 4.79 Å². The Labute approximate surface area is 179 Å². The number of nitrogens with zero attached hydrogens (tertiary/aromatic N) is 3. The molecule has 156 valence electrons. The molecule has 1 heterocycles. The molecule has 0 aliphatic rings. The predicted molar refractivity (Wildman–Crippen MR) is 112 cm³/mol. The number of hydrogen-bond donors (Lipinski definition) is 1. The van der Waals surface area contributed by atoms with Crippen LogP contribution in [0.15, 0.2) is 78.0 Å². The van der Waals surface area contributed by atoms with E-state index in [-0.39, 0.29) is 22.8 Å². The summed E-state index contributed by atoms with van der Waals surface area (Å²) in [4.78, 5) is 12.3. The normalized spacial score (nSPS) is 10.8. The van der Waals surface area contributed by atoms with Gasteiger partial charge < -0.3 is 5.32 Å². The maximum absolute atomic E-state index is 14.4. The van der Waals surface area contributed by atoms with Gasteiger partial charge in [-0.05, 0) is 48.5 Å². The summed E-state index contributed by atoms with van der Waals surface area (Å²) in [5.74, 6) is -1.80. The lowest BCUT2D eigenvalue weighted by atomic mass is 10.2. The zero-order valence-corrected chi connectivity index (χ0v) is 16.7. The van der Waals surface area contributed by atoms with Gasteiger partial charge in [-0.15, -0.1) is 10.2 Å². The van der Waals surface area contributed by atoms with Crippen LogP contribution in [0, 0.1) is 17.5 Å². The molecule has 31 heavy (non-hydrogen) atoms. The van der Waals surface area contributed by atoms with Gasteiger partial charge in [0.15, 0.2) is 11.0 Å². The molecule has 0 saturated carbocycles. The SMILES string of the molecule is O=C(CSc1nnc(-c2ccccc2F)n1-c1ccc(F)cc1)Nc1ccccc1F. The highest BCUT2D eigenvalue weighted by atomic mass is 32.2. The summed E-state index contributed by atoms with van der Waals surface area (Å²) < 4.78 is 43.1. The second-order valence-electron chi connectivity index (χ2n) is 6.41. The molecule has 4 rings (SSSR count). The van der Waals surface area contributed by atoms with Crippen molar-refractivity contribution in [2.75, 3.05) is 11.1 Å². The highest BCUT2D eigenvalue weighted by molar-refractivity contribution is 7.99. The number of carbonyl (C=O) groups is 1. The first-order valence-corrected chi connectivity index (χ1v) is 10.1. The Bertz CT molecular complexity index is 1230. The summed E-state index contributed by atoms with van der Waals surface area (Å²) >= 11 is 1.04. The number of benzene rings is 3. The Morgan fingerprint density at radius 1 is 0.871 bits per heavy atom. The summed E-state index contributed by atoms with van der Waals surface area (Å²) in [6, 6.07) is 17.4. The number of amides is 1. The minimum atomic E-state index is -0.544. The summed E-state index contributed by atoms with van der Waals surface area (Å²) in [7, 11) is 0. The van der Waals surface area contributed by atoms with Crippen molar-refractivity contribution in [3.8, 4) is 17.1 Å². The van der Waals surface area contributed by atoms with E-state index in [4.69, 9.17) is 0 Å². The van der Waals surface area contributed by atoms with Crippen molar-refractivity contribution < 1.29 is 18.0 Å². The molecule has 3 aromatic carbocycles. The number of nitrogens with one attached hydrogen (secondary N) is 1. The van der Waals surface area contributed by atoms with Gasteiger partial charge in [0.05, 0.1) is 17.0 Å². The number of hydrogen-bond acceptors (Lipinski definition) is 4. The molecule has 0 spiro atoms. The maximum Gasteiger partial charge on any atom is 0.234 e. The number of halogens is 3. The van der Waals surface area contributed by atoms with Crippen molar-refractivity contribution in [3.05, 3.63) is 90.2 Å². The first kappa shape index (κ1) is 20.7. The number of rotatable bonds is 6. The first-order valence-electron chi connectivity index (χ1n) is 9.16. The maximum atomic E-state index is 14.4. The molecule has 0 saturated heterocycles. The average Bonchev–Trinajstić information content (AvgIpc) is 3.18. The van der Waals surface area contributed by atoms with E-state index in [0.717, 1.165) is 11.8 Å². The zero-order valence-electron chi connectivity index (χ0n) is 15.9. The molecule has 0 atom stereocenters. The fourth-order valence-electron chi connectivity index (χ4n) is 2.88. The van der Waals surface area contributed by atoms with E-state index in [1.165, 1.54) is 48.5 Å². The summed E-state index contributed by atoms with van der Waals surface area (Å²) in [5, 5.41) is 11.0. The fraction of sp³-hybridized carbons (Fsp3) is 0.0455. The summed E-state index contributed by atoms with van der Waals surface area (Å²) in [6.07, 6.45) is 0. The van der Waals surface area contributed by atoms with Crippen molar-refractivity contribution in [1.29, 1.82) is 0 Å². The minimum absolute atomic E-state index is 0.0696. The highest BCUT2D eigenvalue weighted by Gasteiger charge is 2.19. The van der Waals surface area contributed by atoms with E-state index in [9.17, 15) is 18.0 Å². The van der Waals surface area contributed by atoms with Crippen molar-refractivity contribution in [1.82, 2.24) is 14.8 Å². The summed E-state index contributed by atoms with van der Waals surface area (Å²) in [6.45, 7) is 0. The first-order chi connectivity index (χ1) is 15.0. The molecule has 4 aromatic rings. The third-order valence-electron chi connectivity index (χ3n) is 4.31. The lowest BCUT2D eigenvalue weighted by Crippen LogP contribution is -2.15. The van der Waals surface area contributed by atoms with Gasteiger partial charge in [-0.1, -0.05) is 36.0 Å². The van der Waals surface area contributed by atoms with Crippen LogP contribution in [0.5, 0.6) is 0 Å². The number of anilines is 1. The molecule has 9 heteroatoms. The van der Waals surface area contributed by atoms with Crippen LogP contribution < -0.4 is 5.32 Å². The summed E-state index contributed by atoms with van der Waals surface area (Å²) in [5.41, 5.74) is 0.781. The number of aromatic nitrogens is 3. The molecule has 5 nitrogen and oxygen atoms in total. The van der Waals surface area contributed by atoms with Crippen LogP contribution in [0.3, 0.4) is 0 Å². The number of thioether (sulfide) groups is 1. The molecule has 0 aliphatic carbocycles. The van der Waals surface area contributed by atoms with Crippen LogP contribution in [-0.4, -0.2) is 26.4 Å². The van der Waals surface area contributed by atoms with Crippen molar-refractivity contribution >= 4 is 23.4 Å². The van der Waals surface area contributed by atoms with Crippen LogP contribution in [0.25, 0.3) is 17.1 Å². The van der Waals surface area contributed by atoms with Gasteiger partial charge >= 0.3 is 0 Å². The third kappa shape index (κ3) is 4.61. The minimum Gasteiger partial charge on any atom is -0.323 e. The molecule has 1 amide bonds. The Balaban J connectivity index is 1.63. The van der Waals surface area contributed by atoms with Crippen LogP contribution >= 0.6 is 11.8 Å². The Morgan fingerprint density at radius 2 is 1.55 bits per heavy atom. The molecule has 0 radical (unpaired) electrons. The van der Waals surface area contributed by atoms with Crippen LogP contribution in [0.2, 0.25) is 0 Å². The standard InChI is InChI=1S/C22H15F3N4OS/c23-14-9-11-15(12-10-14)29-21(16-5-1-2-6-17(16)24)27-28-22(29)31-13-20(30)26-19-8-4-3-7-18(19)25/h1-12H,13H2,(H,26,30). The second-order valence-corrected chi connectivity index (χ2v) is 7.36. The lowest BCUT2D eigenvalue weighted by molar-refractivity contribution is -0.113. The van der Waals surface area contributed by atoms with E-state index in [0.29, 0.717) is 10.8 Å². The Hall–Kier alpha value is -3.59. The van der Waals surface area contributed by atoms with Gasteiger partial charge in [0.2, 0.25) is 5.91 Å². The quantitative estimate of drug-likeness (QED) is 0.425. The third-order valence-corrected chi connectivity index (χ3v) is 5.24. The topological polar surface area (TPSA) is 59.8 Å². The van der Waals surface area contributed by atoms with E-state index in [2.05, 4.69) is 15.5 Å². The molecule has 1 N–H and O–H groups in total. The van der Waals surface area contributed by atoms with Gasteiger partial charge in [-0.2, -0.15) is 0 Å². The van der Waals surface area contributed by atoms with Crippen LogP contribution in [0.1, 0.15) is 0 Å². The molecule has 0 aliphatic heterocycles. The van der Waals surface area contributed by atoms with Crippen molar-refractivity contribution in [3.63, 3.8) is 0 Å². The molecule has 0 fully saturated rings. The largest absolute Gasteiger partial charge is 0.323 e. The molecule has 0 unspecified atom stereocenters. The van der Waals surface area contributed by atoms with Gasteiger partial charge in [0.1, 0.15) is 17.5 Å². The van der Waals surface area contributed by atoms with Gasteiger partial charge in [0.25, 0.3) is 0 Å². The molecule has 1 aromatic heterocycles. The molecule has 0 bridgehead atoms. The number of para-hydroxylation sites is 1. The lowest BCUT2D eigenvalue weighted by Gasteiger charge is -2.11. The van der Waals surface area contributed by atoms with Gasteiger partial charge in [-0.25, -0.2) is 13.2 Å².